The number of nitrogen functional groups attached to an aromatic ring is 1. The van der Waals surface area contributed by atoms with Gasteiger partial charge in [0.15, 0.2) is 0 Å². The quantitative estimate of drug-likeness (QED) is 0.441. The topological polar surface area (TPSA) is 91.7 Å². The van der Waals surface area contributed by atoms with Gasteiger partial charge in [-0.05, 0) is 36.7 Å². The van der Waals surface area contributed by atoms with E-state index in [4.69, 9.17) is 16.9 Å². The lowest BCUT2D eigenvalue weighted by atomic mass is 10.1. The van der Waals surface area contributed by atoms with Crippen molar-refractivity contribution in [3.05, 3.63) is 35.5 Å². The Kier molecular flexibility index (Phi) is 2.43. The smallest absolute Gasteiger partial charge is 0.122 e. The Balaban J connectivity index is 2.56. The number of benzene rings is 1. The third-order valence-electron chi connectivity index (χ3n) is 2.49. The van der Waals surface area contributed by atoms with Crippen LogP contribution in [-0.4, -0.2) is 17.4 Å². The van der Waals surface area contributed by atoms with Gasteiger partial charge < -0.3 is 16.5 Å². The first-order chi connectivity index (χ1) is 7.22. The Morgan fingerprint density at radius 3 is 2.87 bits per heavy atom. The highest BCUT2D eigenvalue weighted by atomic mass is 14.7. The predicted molar refractivity (Wildman–Crippen MR) is 62.1 cm³/mol. The van der Waals surface area contributed by atoms with Crippen LogP contribution in [0.1, 0.15) is 11.1 Å². The molecular weight excluding hydrogens is 188 g/mol. The SMILES string of the molecule is N=C(N)c1ccc2[nH]cc(CCN)c2c1. The summed E-state index contributed by atoms with van der Waals surface area (Å²) in [6.07, 6.45) is 2.79. The molecular formula is C11H14N4. The van der Waals surface area contributed by atoms with Crippen molar-refractivity contribution in [1.29, 1.82) is 5.41 Å². The molecule has 4 heteroatoms. The Morgan fingerprint density at radius 1 is 1.40 bits per heavy atom. The van der Waals surface area contributed by atoms with Gasteiger partial charge >= 0.3 is 0 Å². The number of hydrogen-bond acceptors (Lipinski definition) is 2. The largest absolute Gasteiger partial charge is 0.384 e. The maximum Gasteiger partial charge on any atom is 0.122 e. The van der Waals surface area contributed by atoms with E-state index in [0.29, 0.717) is 6.54 Å². The van der Waals surface area contributed by atoms with Crippen molar-refractivity contribution in [2.24, 2.45) is 11.5 Å². The molecule has 78 valence electrons. The van der Waals surface area contributed by atoms with Crippen LogP contribution < -0.4 is 11.5 Å². The van der Waals surface area contributed by atoms with Gasteiger partial charge in [-0.2, -0.15) is 0 Å². The van der Waals surface area contributed by atoms with E-state index in [-0.39, 0.29) is 5.84 Å². The van der Waals surface area contributed by atoms with Gasteiger partial charge in [0, 0.05) is 22.7 Å². The van der Waals surface area contributed by atoms with E-state index < -0.39 is 0 Å². The maximum atomic E-state index is 7.38. The summed E-state index contributed by atoms with van der Waals surface area (Å²) in [5.74, 6) is 0.0943. The average molecular weight is 202 g/mol. The van der Waals surface area contributed by atoms with Crippen LogP contribution in [0.25, 0.3) is 10.9 Å². The zero-order chi connectivity index (χ0) is 10.8. The van der Waals surface area contributed by atoms with Gasteiger partial charge in [0.25, 0.3) is 0 Å². The number of rotatable bonds is 3. The molecule has 15 heavy (non-hydrogen) atoms. The number of aromatic nitrogens is 1. The zero-order valence-electron chi connectivity index (χ0n) is 8.38. The molecule has 0 bridgehead atoms. The highest BCUT2D eigenvalue weighted by Gasteiger charge is 2.04. The van der Waals surface area contributed by atoms with E-state index >= 15 is 0 Å². The van der Waals surface area contributed by atoms with Crippen molar-refractivity contribution >= 4 is 16.7 Å². The molecule has 0 aliphatic carbocycles. The van der Waals surface area contributed by atoms with Crippen LogP contribution in [0.5, 0.6) is 0 Å². The lowest BCUT2D eigenvalue weighted by Crippen LogP contribution is -2.10. The van der Waals surface area contributed by atoms with Crippen molar-refractivity contribution in [2.45, 2.75) is 6.42 Å². The van der Waals surface area contributed by atoms with Crippen molar-refractivity contribution in [2.75, 3.05) is 6.54 Å². The van der Waals surface area contributed by atoms with Crippen LogP contribution >= 0.6 is 0 Å². The lowest BCUT2D eigenvalue weighted by Gasteiger charge is -2.00. The Labute approximate surface area is 87.8 Å². The Bertz CT molecular complexity index is 498. The normalized spacial score (nSPS) is 10.7. The third-order valence-corrected chi connectivity index (χ3v) is 2.49. The van der Waals surface area contributed by atoms with Crippen LogP contribution in [0.3, 0.4) is 0 Å². The number of nitrogens with one attached hydrogen (secondary N) is 2. The minimum absolute atomic E-state index is 0.0943. The fourth-order valence-corrected chi connectivity index (χ4v) is 1.71. The van der Waals surface area contributed by atoms with Gasteiger partial charge in [-0.3, -0.25) is 5.41 Å². The van der Waals surface area contributed by atoms with Crippen molar-refractivity contribution < 1.29 is 0 Å². The average Bonchev–Trinajstić information content (AvgIpc) is 2.61. The first kappa shape index (κ1) is 9.73. The van der Waals surface area contributed by atoms with Crippen molar-refractivity contribution in [3.63, 3.8) is 0 Å². The van der Waals surface area contributed by atoms with Crippen LogP contribution in [0.15, 0.2) is 24.4 Å². The molecule has 2 rings (SSSR count). The van der Waals surface area contributed by atoms with E-state index in [1.54, 1.807) is 0 Å². The second-order valence-electron chi connectivity index (χ2n) is 3.53. The summed E-state index contributed by atoms with van der Waals surface area (Å²) in [6, 6.07) is 5.71. The predicted octanol–water partition coefficient (Wildman–Crippen LogP) is 0.953. The maximum absolute atomic E-state index is 7.38. The molecule has 0 unspecified atom stereocenters. The van der Waals surface area contributed by atoms with E-state index in [2.05, 4.69) is 4.98 Å². The molecule has 1 aromatic carbocycles. The molecule has 0 aliphatic rings. The van der Waals surface area contributed by atoms with Gasteiger partial charge in [-0.15, -0.1) is 0 Å². The first-order valence-corrected chi connectivity index (χ1v) is 4.87. The molecule has 0 spiro atoms. The fraction of sp³-hybridized carbons (Fsp3) is 0.182. The van der Waals surface area contributed by atoms with Crippen LogP contribution in [0, 0.1) is 5.41 Å². The number of H-pyrrole nitrogens is 1. The molecule has 0 radical (unpaired) electrons. The fourth-order valence-electron chi connectivity index (χ4n) is 1.71. The number of aromatic amines is 1. The second-order valence-corrected chi connectivity index (χ2v) is 3.53. The molecule has 0 fully saturated rings. The summed E-state index contributed by atoms with van der Waals surface area (Å²) >= 11 is 0. The highest BCUT2D eigenvalue weighted by molar-refractivity contribution is 5.99. The molecule has 0 saturated heterocycles. The summed E-state index contributed by atoms with van der Waals surface area (Å²) in [5.41, 5.74) is 14.0. The summed E-state index contributed by atoms with van der Waals surface area (Å²) < 4.78 is 0. The molecule has 0 atom stereocenters. The third kappa shape index (κ3) is 1.71. The lowest BCUT2D eigenvalue weighted by molar-refractivity contribution is 0.976. The van der Waals surface area contributed by atoms with Gasteiger partial charge in [-0.1, -0.05) is 0 Å². The summed E-state index contributed by atoms with van der Waals surface area (Å²) in [6.45, 7) is 0.622. The molecule has 6 N–H and O–H groups in total. The monoisotopic (exact) mass is 202 g/mol. The molecule has 0 aliphatic heterocycles. The molecule has 0 amide bonds. The van der Waals surface area contributed by atoms with Crippen molar-refractivity contribution in [3.8, 4) is 0 Å². The van der Waals surface area contributed by atoms with Crippen LogP contribution in [0.4, 0.5) is 0 Å². The van der Waals surface area contributed by atoms with Crippen LogP contribution in [-0.2, 0) is 6.42 Å². The minimum atomic E-state index is 0.0943. The molecule has 1 aromatic heterocycles. The zero-order valence-corrected chi connectivity index (χ0v) is 8.38. The summed E-state index contributed by atoms with van der Waals surface area (Å²) in [4.78, 5) is 3.17. The summed E-state index contributed by atoms with van der Waals surface area (Å²) in [5, 5.41) is 8.48. The number of fused-ring (bicyclic) bond motifs is 1. The standard InChI is InChI=1S/C11H14N4/c12-4-3-8-6-15-10-2-1-7(11(13)14)5-9(8)10/h1-2,5-6,15H,3-4,12H2,(H3,13,14). The van der Waals surface area contributed by atoms with Gasteiger partial charge in [-0.25, -0.2) is 0 Å². The van der Waals surface area contributed by atoms with Gasteiger partial charge in [0.1, 0.15) is 5.84 Å². The molecule has 0 saturated carbocycles. The number of hydrogen-bond donors (Lipinski definition) is 4. The minimum Gasteiger partial charge on any atom is -0.384 e. The molecule has 4 nitrogen and oxygen atoms in total. The Morgan fingerprint density at radius 2 is 2.20 bits per heavy atom. The van der Waals surface area contributed by atoms with Gasteiger partial charge in [0.2, 0.25) is 0 Å². The first-order valence-electron chi connectivity index (χ1n) is 4.87. The van der Waals surface area contributed by atoms with E-state index in [9.17, 15) is 0 Å². The number of amidine groups is 1. The van der Waals surface area contributed by atoms with E-state index in [1.807, 2.05) is 24.4 Å². The van der Waals surface area contributed by atoms with E-state index in [1.165, 1.54) is 5.56 Å². The molecule has 2 aromatic rings. The van der Waals surface area contributed by atoms with Crippen molar-refractivity contribution in [1.82, 2.24) is 4.98 Å². The molecule has 1 heterocycles. The Hall–Kier alpha value is -1.81. The highest BCUT2D eigenvalue weighted by Crippen LogP contribution is 2.19. The summed E-state index contributed by atoms with van der Waals surface area (Å²) in [7, 11) is 0. The second kappa shape index (κ2) is 3.74. The van der Waals surface area contributed by atoms with Crippen LogP contribution in [0.2, 0.25) is 0 Å². The number of nitrogens with two attached hydrogens (primary N) is 2. The van der Waals surface area contributed by atoms with Gasteiger partial charge in [0.05, 0.1) is 0 Å². The van der Waals surface area contributed by atoms with E-state index in [0.717, 1.165) is 22.9 Å².